The fraction of sp³-hybridized carbons (Fsp3) is 0.519. The Morgan fingerprint density at radius 1 is 0.844 bits per heavy atom. The Morgan fingerprint density at radius 2 is 1.44 bits per heavy atom. The maximum Gasteiger partial charge on any atom is 0.188 e. The monoisotopic (exact) mass is 435 g/mol. The second kappa shape index (κ2) is 10.7. The average Bonchev–Trinajstić information content (AvgIpc) is 3.29. The van der Waals surface area contributed by atoms with Crippen molar-refractivity contribution in [2.24, 2.45) is 0 Å². The maximum absolute atomic E-state index is 11.6. The standard InChI is InChI=1S/C27H37N3O2/c1-21-15-29(18-25-7-5-6-24(14-25)17-28-12-3-4-13-28)16-22(2)30(21)19-23-8-10-26(11-9-23)27(32)20-31/h5-11,14,21-22,31H,3-4,12-13,15-20H2,1-2H3/t21-,22+. The van der Waals surface area contributed by atoms with E-state index in [1.807, 2.05) is 24.3 Å². The molecule has 2 aromatic carbocycles. The summed E-state index contributed by atoms with van der Waals surface area (Å²) in [6.07, 6.45) is 2.68. The topological polar surface area (TPSA) is 47.0 Å². The summed E-state index contributed by atoms with van der Waals surface area (Å²) >= 11 is 0. The largest absolute Gasteiger partial charge is 0.388 e. The molecular formula is C27H37N3O2. The maximum atomic E-state index is 11.6. The van der Waals surface area contributed by atoms with Crippen LogP contribution in [-0.4, -0.2) is 70.5 Å². The first-order chi connectivity index (χ1) is 15.5. The molecule has 2 fully saturated rings. The van der Waals surface area contributed by atoms with Crippen molar-refractivity contribution in [2.75, 3.05) is 32.8 Å². The fourth-order valence-corrected chi connectivity index (χ4v) is 5.29. The molecule has 0 amide bonds. The van der Waals surface area contributed by atoms with E-state index in [9.17, 15) is 4.79 Å². The first-order valence-electron chi connectivity index (χ1n) is 12.0. The summed E-state index contributed by atoms with van der Waals surface area (Å²) in [5, 5.41) is 9.03. The molecule has 2 atom stereocenters. The first kappa shape index (κ1) is 23.1. The van der Waals surface area contributed by atoms with Crippen LogP contribution in [0.1, 0.15) is 53.7 Å². The van der Waals surface area contributed by atoms with Gasteiger partial charge in [0.25, 0.3) is 0 Å². The second-order valence-electron chi connectivity index (χ2n) is 9.65. The SMILES string of the molecule is C[C@@H]1CN(Cc2cccc(CN3CCCC3)c2)C[C@H](C)N1Cc1ccc(C(=O)CO)cc1. The van der Waals surface area contributed by atoms with Crippen LogP contribution in [0.25, 0.3) is 0 Å². The Bertz CT molecular complexity index is 880. The number of rotatable bonds is 8. The molecule has 2 saturated heterocycles. The highest BCUT2D eigenvalue weighted by molar-refractivity contribution is 5.96. The molecule has 2 aromatic rings. The van der Waals surface area contributed by atoms with Gasteiger partial charge in [-0.25, -0.2) is 0 Å². The molecule has 2 aliphatic rings. The predicted molar refractivity (Wildman–Crippen MR) is 129 cm³/mol. The Balaban J connectivity index is 1.33. The zero-order valence-corrected chi connectivity index (χ0v) is 19.5. The van der Waals surface area contributed by atoms with Gasteiger partial charge in [-0.15, -0.1) is 0 Å². The quantitative estimate of drug-likeness (QED) is 0.643. The summed E-state index contributed by atoms with van der Waals surface area (Å²) in [4.78, 5) is 19.4. The minimum atomic E-state index is -0.434. The van der Waals surface area contributed by atoms with Crippen LogP contribution in [0, 0.1) is 0 Å². The number of hydrogen-bond acceptors (Lipinski definition) is 5. The van der Waals surface area contributed by atoms with E-state index >= 15 is 0 Å². The van der Waals surface area contributed by atoms with Gasteiger partial charge in [-0.2, -0.15) is 0 Å². The van der Waals surface area contributed by atoms with E-state index in [0.717, 1.165) is 32.7 Å². The number of aliphatic hydroxyl groups is 1. The van der Waals surface area contributed by atoms with Crippen LogP contribution >= 0.6 is 0 Å². The fourth-order valence-electron chi connectivity index (χ4n) is 5.29. The second-order valence-corrected chi connectivity index (χ2v) is 9.65. The third-order valence-corrected chi connectivity index (χ3v) is 6.96. The van der Waals surface area contributed by atoms with Crippen molar-refractivity contribution in [3.05, 3.63) is 70.8 Å². The van der Waals surface area contributed by atoms with Crippen LogP contribution in [0.5, 0.6) is 0 Å². The van der Waals surface area contributed by atoms with Crippen LogP contribution in [-0.2, 0) is 19.6 Å². The molecule has 4 rings (SSSR count). The number of hydrogen-bond donors (Lipinski definition) is 1. The van der Waals surface area contributed by atoms with Crippen molar-refractivity contribution >= 4 is 5.78 Å². The summed E-state index contributed by atoms with van der Waals surface area (Å²) in [6.45, 7) is 11.8. The van der Waals surface area contributed by atoms with Gasteiger partial charge in [-0.3, -0.25) is 19.5 Å². The van der Waals surface area contributed by atoms with Crippen molar-refractivity contribution in [3.8, 4) is 0 Å². The molecule has 2 aliphatic heterocycles. The lowest BCUT2D eigenvalue weighted by atomic mass is 10.0. The van der Waals surface area contributed by atoms with E-state index in [0.29, 0.717) is 17.6 Å². The molecule has 0 aliphatic carbocycles. The van der Waals surface area contributed by atoms with Gasteiger partial charge < -0.3 is 5.11 Å². The van der Waals surface area contributed by atoms with Crippen molar-refractivity contribution in [2.45, 2.75) is 58.4 Å². The van der Waals surface area contributed by atoms with Crippen molar-refractivity contribution in [3.63, 3.8) is 0 Å². The van der Waals surface area contributed by atoms with E-state index in [-0.39, 0.29) is 5.78 Å². The Morgan fingerprint density at radius 3 is 2.03 bits per heavy atom. The molecule has 2 heterocycles. The molecule has 5 heteroatoms. The van der Waals surface area contributed by atoms with Crippen LogP contribution < -0.4 is 0 Å². The smallest absolute Gasteiger partial charge is 0.188 e. The van der Waals surface area contributed by atoms with Crippen LogP contribution in [0.2, 0.25) is 0 Å². The van der Waals surface area contributed by atoms with Crippen molar-refractivity contribution in [1.82, 2.24) is 14.7 Å². The Labute approximate surface area is 192 Å². The average molecular weight is 436 g/mol. The van der Waals surface area contributed by atoms with Crippen molar-refractivity contribution < 1.29 is 9.90 Å². The number of ketones is 1. The van der Waals surface area contributed by atoms with Crippen LogP contribution in [0.3, 0.4) is 0 Å². The minimum Gasteiger partial charge on any atom is -0.388 e. The zero-order valence-electron chi connectivity index (χ0n) is 19.5. The highest BCUT2D eigenvalue weighted by atomic mass is 16.3. The van der Waals surface area contributed by atoms with Gasteiger partial charge in [0.15, 0.2) is 5.78 Å². The number of benzene rings is 2. The van der Waals surface area contributed by atoms with Gasteiger partial charge in [-0.05, 0) is 56.5 Å². The van der Waals surface area contributed by atoms with Crippen molar-refractivity contribution in [1.29, 1.82) is 0 Å². The number of carbonyl (C=O) groups is 1. The highest BCUT2D eigenvalue weighted by Crippen LogP contribution is 2.22. The molecule has 0 saturated carbocycles. The van der Waals surface area contributed by atoms with Crippen LogP contribution in [0.4, 0.5) is 0 Å². The highest BCUT2D eigenvalue weighted by Gasteiger charge is 2.29. The van der Waals surface area contributed by atoms with E-state index in [2.05, 4.69) is 52.8 Å². The van der Waals surface area contributed by atoms with Gasteiger partial charge >= 0.3 is 0 Å². The number of aliphatic hydroxyl groups excluding tert-OH is 1. The zero-order chi connectivity index (χ0) is 22.5. The lowest BCUT2D eigenvalue weighted by Crippen LogP contribution is -2.55. The number of nitrogens with zero attached hydrogens (tertiary/aromatic N) is 3. The molecule has 1 N–H and O–H groups in total. The van der Waals surface area contributed by atoms with Crippen LogP contribution in [0.15, 0.2) is 48.5 Å². The van der Waals surface area contributed by atoms with E-state index in [1.165, 1.54) is 42.6 Å². The molecule has 0 radical (unpaired) electrons. The summed E-state index contributed by atoms with van der Waals surface area (Å²) < 4.78 is 0. The lowest BCUT2D eigenvalue weighted by molar-refractivity contribution is 0.0290. The molecular weight excluding hydrogens is 398 g/mol. The predicted octanol–water partition coefficient (Wildman–Crippen LogP) is 3.55. The lowest BCUT2D eigenvalue weighted by Gasteiger charge is -2.44. The number of likely N-dealkylation sites (tertiary alicyclic amines) is 1. The molecule has 0 spiro atoms. The van der Waals surface area contributed by atoms with E-state index in [4.69, 9.17) is 5.11 Å². The number of carbonyl (C=O) groups excluding carboxylic acids is 1. The van der Waals surface area contributed by atoms with E-state index < -0.39 is 6.61 Å². The molecule has 5 nitrogen and oxygen atoms in total. The summed E-state index contributed by atoms with van der Waals surface area (Å²) in [5.74, 6) is -0.226. The van der Waals surface area contributed by atoms with Gasteiger partial charge in [0.05, 0.1) is 0 Å². The molecule has 0 aromatic heterocycles. The van der Waals surface area contributed by atoms with Gasteiger partial charge in [0.1, 0.15) is 6.61 Å². The molecule has 172 valence electrons. The number of piperazine rings is 1. The summed E-state index contributed by atoms with van der Waals surface area (Å²) in [5.41, 5.74) is 4.64. The Kier molecular flexibility index (Phi) is 7.74. The molecule has 32 heavy (non-hydrogen) atoms. The summed E-state index contributed by atoms with van der Waals surface area (Å²) in [7, 11) is 0. The Hall–Kier alpha value is -2.05. The molecule has 0 bridgehead atoms. The van der Waals surface area contributed by atoms with Gasteiger partial charge in [-0.1, -0.05) is 48.5 Å². The molecule has 0 unspecified atom stereocenters. The van der Waals surface area contributed by atoms with Gasteiger partial charge in [0, 0.05) is 50.4 Å². The van der Waals surface area contributed by atoms with Gasteiger partial charge in [0.2, 0.25) is 0 Å². The normalized spacial score (nSPS) is 23.0. The number of Topliss-reactive ketones (excluding diaryl/α,β-unsaturated/α-hetero) is 1. The minimum absolute atomic E-state index is 0.226. The van der Waals surface area contributed by atoms with E-state index in [1.54, 1.807) is 0 Å². The first-order valence-corrected chi connectivity index (χ1v) is 12.0. The summed E-state index contributed by atoms with van der Waals surface area (Å²) in [6, 6.07) is 17.8. The third-order valence-electron chi connectivity index (χ3n) is 6.96. The third kappa shape index (κ3) is 5.84.